The van der Waals surface area contributed by atoms with Crippen LogP contribution < -0.4 is 16.0 Å². The van der Waals surface area contributed by atoms with Crippen molar-refractivity contribution < 1.29 is 38.6 Å². The number of hydrogen-bond acceptors (Lipinski definition) is 8. The molecule has 186 valence electrons. The first-order valence-corrected chi connectivity index (χ1v) is 11.8. The molecule has 0 aromatic heterocycles. The van der Waals surface area contributed by atoms with E-state index in [0.29, 0.717) is 18.6 Å². The van der Waals surface area contributed by atoms with Crippen LogP contribution in [0.5, 0.6) is 0 Å². The van der Waals surface area contributed by atoms with Gasteiger partial charge < -0.3 is 30.7 Å². The van der Waals surface area contributed by atoms with E-state index in [2.05, 4.69) is 16.0 Å². The number of amides is 4. The average Bonchev–Trinajstić information content (AvgIpc) is 3.23. The smallest absolute Gasteiger partial charge is 0.322 e. The fourth-order valence-electron chi connectivity index (χ4n) is 3.27. The summed E-state index contributed by atoms with van der Waals surface area (Å²) in [5, 5.41) is 16.1. The molecular weight excluding hydrogens is 456 g/mol. The Morgan fingerprint density at radius 2 is 1.88 bits per heavy atom. The molecule has 0 spiro atoms. The first-order valence-electron chi connectivity index (χ1n) is 10.7. The minimum atomic E-state index is -1.20. The van der Waals surface area contributed by atoms with E-state index in [0.717, 1.165) is 0 Å². The molecular formula is C20H32N4O8S. The summed E-state index contributed by atoms with van der Waals surface area (Å²) >= 11 is 1.24. The first kappa shape index (κ1) is 28.2. The topological polar surface area (TPSA) is 171 Å². The number of carbonyl (C=O) groups is 6. The van der Waals surface area contributed by atoms with Gasteiger partial charge in [0.2, 0.25) is 23.6 Å². The van der Waals surface area contributed by atoms with Gasteiger partial charge in [0, 0.05) is 13.5 Å². The Kier molecular flexibility index (Phi) is 12.3. The molecule has 0 unspecified atom stereocenters. The molecule has 33 heavy (non-hydrogen) atoms. The molecule has 1 saturated heterocycles. The van der Waals surface area contributed by atoms with E-state index in [-0.39, 0.29) is 31.3 Å². The van der Waals surface area contributed by atoms with Crippen molar-refractivity contribution in [2.45, 2.75) is 58.2 Å². The fourth-order valence-corrected chi connectivity index (χ4v) is 4.06. The molecule has 1 rings (SSSR count). The Morgan fingerprint density at radius 3 is 2.48 bits per heavy atom. The second-order valence-corrected chi connectivity index (χ2v) is 8.54. The molecule has 12 nitrogen and oxygen atoms in total. The van der Waals surface area contributed by atoms with E-state index in [1.807, 2.05) is 0 Å². The molecule has 0 aromatic carbocycles. The maximum atomic E-state index is 13.2. The molecule has 1 heterocycles. The number of hydrogen-bond donors (Lipinski definition) is 4. The quantitative estimate of drug-likeness (QED) is 0.185. The van der Waals surface area contributed by atoms with Crippen molar-refractivity contribution in [2.24, 2.45) is 0 Å². The van der Waals surface area contributed by atoms with Crippen LogP contribution in [0.4, 0.5) is 0 Å². The Morgan fingerprint density at radius 1 is 1.18 bits per heavy atom. The van der Waals surface area contributed by atoms with Crippen molar-refractivity contribution in [3.63, 3.8) is 0 Å². The molecule has 0 radical (unpaired) electrons. The third-order valence-corrected chi connectivity index (χ3v) is 5.72. The lowest BCUT2D eigenvalue weighted by Crippen LogP contribution is -2.56. The van der Waals surface area contributed by atoms with Crippen LogP contribution in [0.3, 0.4) is 0 Å². The van der Waals surface area contributed by atoms with Gasteiger partial charge in [-0.3, -0.25) is 28.8 Å². The summed E-state index contributed by atoms with van der Waals surface area (Å²) in [4.78, 5) is 72.9. The number of carboxylic acid groups (broad SMARTS) is 1. The van der Waals surface area contributed by atoms with E-state index in [1.54, 1.807) is 6.92 Å². The van der Waals surface area contributed by atoms with E-state index >= 15 is 0 Å². The standard InChI is InChI=1S/C20H32N4O8S/c1-4-32-17(28)11-33-9-7-14(23-18(29)12(2)22-13(3)25)20(31)24-8-5-6-15(24)19(30)21-10-16(26)27/h12,14-15H,4-11H2,1-3H3,(H,21,30)(H,22,25)(H,23,29)(H,26,27)/t12-,14-,15-/m0/s1. The summed E-state index contributed by atoms with van der Waals surface area (Å²) in [5.74, 6) is -3.16. The molecule has 3 atom stereocenters. The van der Waals surface area contributed by atoms with Crippen LogP contribution in [0.1, 0.15) is 40.0 Å². The van der Waals surface area contributed by atoms with Crippen LogP contribution in [0, 0.1) is 0 Å². The van der Waals surface area contributed by atoms with Gasteiger partial charge in [0.15, 0.2) is 0 Å². The van der Waals surface area contributed by atoms with Crippen LogP contribution in [0.25, 0.3) is 0 Å². The van der Waals surface area contributed by atoms with Gasteiger partial charge in [-0.25, -0.2) is 0 Å². The van der Waals surface area contributed by atoms with Gasteiger partial charge in [-0.05, 0) is 38.9 Å². The number of nitrogens with zero attached hydrogens (tertiary/aromatic N) is 1. The Bertz CT molecular complexity index is 748. The Balaban J connectivity index is 2.86. The fraction of sp³-hybridized carbons (Fsp3) is 0.700. The zero-order chi connectivity index (χ0) is 25.0. The highest BCUT2D eigenvalue weighted by molar-refractivity contribution is 7.99. The largest absolute Gasteiger partial charge is 0.480 e. The van der Waals surface area contributed by atoms with Crippen LogP contribution in [0.2, 0.25) is 0 Å². The Labute approximate surface area is 196 Å². The number of likely N-dealkylation sites (tertiary alicyclic amines) is 1. The normalized spacial score (nSPS) is 16.9. The zero-order valence-electron chi connectivity index (χ0n) is 19.0. The summed E-state index contributed by atoms with van der Waals surface area (Å²) in [5.41, 5.74) is 0. The van der Waals surface area contributed by atoms with Crippen molar-refractivity contribution in [2.75, 3.05) is 31.2 Å². The van der Waals surface area contributed by atoms with E-state index < -0.39 is 54.3 Å². The van der Waals surface area contributed by atoms with Crippen molar-refractivity contribution >= 4 is 47.3 Å². The number of thioether (sulfide) groups is 1. The van der Waals surface area contributed by atoms with Crippen molar-refractivity contribution in [1.82, 2.24) is 20.9 Å². The average molecular weight is 489 g/mol. The van der Waals surface area contributed by atoms with Crippen LogP contribution >= 0.6 is 11.8 Å². The van der Waals surface area contributed by atoms with Crippen molar-refractivity contribution in [3.05, 3.63) is 0 Å². The van der Waals surface area contributed by atoms with Crippen molar-refractivity contribution in [1.29, 1.82) is 0 Å². The maximum absolute atomic E-state index is 13.2. The molecule has 1 fully saturated rings. The molecule has 0 aromatic rings. The minimum absolute atomic E-state index is 0.0922. The predicted octanol–water partition coefficient (Wildman–Crippen LogP) is -1.13. The summed E-state index contributed by atoms with van der Waals surface area (Å²) in [7, 11) is 0. The highest BCUT2D eigenvalue weighted by atomic mass is 32.2. The second kappa shape index (κ2) is 14.3. The summed E-state index contributed by atoms with van der Waals surface area (Å²) in [6, 6.07) is -2.70. The number of rotatable bonds is 13. The summed E-state index contributed by atoms with van der Waals surface area (Å²) in [6.07, 6.45) is 1.11. The lowest BCUT2D eigenvalue weighted by atomic mass is 10.1. The number of carboxylic acids is 1. The molecule has 0 aliphatic carbocycles. The summed E-state index contributed by atoms with van der Waals surface area (Å²) in [6.45, 7) is 4.43. The third-order valence-electron chi connectivity index (χ3n) is 4.76. The predicted molar refractivity (Wildman–Crippen MR) is 119 cm³/mol. The first-order chi connectivity index (χ1) is 15.6. The zero-order valence-corrected chi connectivity index (χ0v) is 19.9. The second-order valence-electron chi connectivity index (χ2n) is 7.43. The molecule has 0 saturated carbocycles. The molecule has 1 aliphatic heterocycles. The number of esters is 1. The number of carbonyl (C=O) groups excluding carboxylic acids is 5. The van der Waals surface area contributed by atoms with Gasteiger partial charge in [-0.15, -0.1) is 0 Å². The van der Waals surface area contributed by atoms with E-state index in [9.17, 15) is 28.8 Å². The number of ether oxygens (including phenoxy) is 1. The molecule has 13 heteroatoms. The SMILES string of the molecule is CCOC(=O)CSCC[C@H](NC(=O)[C@H](C)NC(C)=O)C(=O)N1CCC[C@H]1C(=O)NCC(=O)O. The third kappa shape index (κ3) is 10.1. The molecule has 4 N–H and O–H groups in total. The maximum Gasteiger partial charge on any atom is 0.322 e. The van der Waals surface area contributed by atoms with Crippen molar-refractivity contribution in [3.8, 4) is 0 Å². The molecule has 0 bridgehead atoms. The van der Waals surface area contributed by atoms with Gasteiger partial charge in [0.05, 0.1) is 12.4 Å². The summed E-state index contributed by atoms with van der Waals surface area (Å²) < 4.78 is 4.86. The highest BCUT2D eigenvalue weighted by Crippen LogP contribution is 2.20. The van der Waals surface area contributed by atoms with Crippen LogP contribution in [-0.2, 0) is 33.5 Å². The van der Waals surface area contributed by atoms with Gasteiger partial charge in [-0.1, -0.05) is 0 Å². The van der Waals surface area contributed by atoms with Gasteiger partial charge in [0.1, 0.15) is 24.7 Å². The molecule has 4 amide bonds. The van der Waals surface area contributed by atoms with Gasteiger partial charge in [-0.2, -0.15) is 11.8 Å². The monoisotopic (exact) mass is 488 g/mol. The van der Waals surface area contributed by atoms with E-state index in [4.69, 9.17) is 9.84 Å². The van der Waals surface area contributed by atoms with E-state index in [1.165, 1.54) is 30.5 Å². The van der Waals surface area contributed by atoms with Crippen LogP contribution in [0.15, 0.2) is 0 Å². The lowest BCUT2D eigenvalue weighted by molar-refractivity contribution is -0.143. The number of nitrogens with one attached hydrogen (secondary N) is 3. The minimum Gasteiger partial charge on any atom is -0.480 e. The Hall–Kier alpha value is -2.83. The van der Waals surface area contributed by atoms with Gasteiger partial charge in [0.25, 0.3) is 0 Å². The lowest BCUT2D eigenvalue weighted by Gasteiger charge is -2.29. The molecule has 1 aliphatic rings. The number of aliphatic carboxylic acids is 1. The van der Waals surface area contributed by atoms with Crippen LogP contribution in [-0.4, -0.2) is 94.9 Å². The van der Waals surface area contributed by atoms with Gasteiger partial charge >= 0.3 is 11.9 Å². The highest BCUT2D eigenvalue weighted by Gasteiger charge is 2.38.